The zero-order valence-electron chi connectivity index (χ0n) is 9.84. The molecule has 0 fully saturated rings. The van der Waals surface area contributed by atoms with E-state index in [-0.39, 0.29) is 11.9 Å². The van der Waals surface area contributed by atoms with Gasteiger partial charge in [-0.3, -0.25) is 10.6 Å². The Labute approximate surface area is 104 Å². The maximum Gasteiger partial charge on any atom is 0.270 e. The number of nitrogens with one attached hydrogen (secondary N) is 3. The van der Waals surface area contributed by atoms with Crippen LogP contribution in [-0.4, -0.2) is 20.9 Å². The lowest BCUT2D eigenvalue weighted by atomic mass is 10.2. The highest BCUT2D eigenvalue weighted by atomic mass is 16.1. The molecule has 5 N–H and O–H groups in total. The number of nitrogens with zero attached hydrogens (tertiary/aromatic N) is 2. The fourth-order valence-corrected chi connectivity index (χ4v) is 1.47. The van der Waals surface area contributed by atoms with Gasteiger partial charge >= 0.3 is 0 Å². The number of aromatic nitrogens is 3. The topological polar surface area (TPSA) is 109 Å². The van der Waals surface area contributed by atoms with Crippen molar-refractivity contribution in [3.05, 3.63) is 42.2 Å². The van der Waals surface area contributed by atoms with Crippen molar-refractivity contribution in [3.8, 4) is 0 Å². The molecule has 0 spiro atoms. The van der Waals surface area contributed by atoms with Gasteiger partial charge in [-0.25, -0.2) is 9.97 Å². The van der Waals surface area contributed by atoms with Crippen LogP contribution in [0.2, 0.25) is 0 Å². The Morgan fingerprint density at radius 3 is 2.83 bits per heavy atom. The summed E-state index contributed by atoms with van der Waals surface area (Å²) in [6, 6.07) is 3.07. The van der Waals surface area contributed by atoms with Gasteiger partial charge in [-0.05, 0) is 19.1 Å². The number of carbonyl (C=O) groups is 1. The van der Waals surface area contributed by atoms with E-state index in [0.717, 1.165) is 0 Å². The molecule has 1 amide bonds. The fraction of sp³-hybridized carbons (Fsp3) is 0.182. The number of rotatable bonds is 4. The van der Waals surface area contributed by atoms with Crippen molar-refractivity contribution in [2.24, 2.45) is 5.84 Å². The van der Waals surface area contributed by atoms with Crippen molar-refractivity contribution < 1.29 is 4.79 Å². The van der Waals surface area contributed by atoms with Crippen LogP contribution in [0.15, 0.2) is 30.7 Å². The highest BCUT2D eigenvalue weighted by Crippen LogP contribution is 2.08. The predicted molar refractivity (Wildman–Crippen MR) is 66.5 cm³/mol. The third-order valence-electron chi connectivity index (χ3n) is 2.44. The molecule has 2 aromatic heterocycles. The molecule has 0 bridgehead atoms. The summed E-state index contributed by atoms with van der Waals surface area (Å²) in [6.07, 6.45) is 4.84. The van der Waals surface area contributed by atoms with Crippen LogP contribution >= 0.6 is 0 Å². The van der Waals surface area contributed by atoms with E-state index in [4.69, 9.17) is 5.84 Å². The first kappa shape index (κ1) is 12.1. The number of nitrogen functional groups attached to an aromatic ring is 1. The third-order valence-corrected chi connectivity index (χ3v) is 2.44. The molecule has 0 radical (unpaired) electrons. The number of pyridine rings is 1. The van der Waals surface area contributed by atoms with E-state index < -0.39 is 0 Å². The van der Waals surface area contributed by atoms with Crippen LogP contribution < -0.4 is 16.6 Å². The molecule has 0 aliphatic heterocycles. The highest BCUT2D eigenvalue weighted by molar-refractivity contribution is 5.92. The number of hydrogen-bond donors (Lipinski definition) is 4. The van der Waals surface area contributed by atoms with Gasteiger partial charge in [0.25, 0.3) is 5.91 Å². The second-order valence-electron chi connectivity index (χ2n) is 3.75. The Hall–Kier alpha value is -2.41. The molecule has 0 saturated carbocycles. The number of H-pyrrole nitrogens is 1. The maximum absolute atomic E-state index is 11.9. The largest absolute Gasteiger partial charge is 0.347 e. The average molecular weight is 246 g/mol. The molecule has 2 aromatic rings. The molecule has 2 rings (SSSR count). The summed E-state index contributed by atoms with van der Waals surface area (Å²) >= 11 is 0. The van der Waals surface area contributed by atoms with Crippen molar-refractivity contribution in [1.29, 1.82) is 0 Å². The minimum absolute atomic E-state index is 0.207. The molecule has 1 atom stereocenters. The lowest BCUT2D eigenvalue weighted by molar-refractivity contribution is 0.0933. The number of imidazole rings is 1. The van der Waals surface area contributed by atoms with Crippen LogP contribution in [0.25, 0.3) is 0 Å². The van der Waals surface area contributed by atoms with Gasteiger partial charge in [0.2, 0.25) is 0 Å². The van der Waals surface area contributed by atoms with Gasteiger partial charge in [0.05, 0.1) is 17.9 Å². The first-order valence-corrected chi connectivity index (χ1v) is 5.43. The summed E-state index contributed by atoms with van der Waals surface area (Å²) in [5.41, 5.74) is 3.42. The SMILES string of the molecule is CC(NC(=O)c1ccc(NN)cn1)c1ncc[nH]1. The number of hydrazine groups is 1. The van der Waals surface area contributed by atoms with Crippen LogP contribution in [0, 0.1) is 0 Å². The van der Waals surface area contributed by atoms with Gasteiger partial charge in [-0.2, -0.15) is 0 Å². The second kappa shape index (κ2) is 5.28. The molecular formula is C11H14N6O. The fourth-order valence-electron chi connectivity index (χ4n) is 1.47. The standard InChI is InChI=1S/C11H14N6O/c1-7(10-13-4-5-14-10)16-11(18)9-3-2-8(17-12)6-15-9/h2-7,17H,12H2,1H3,(H,13,14)(H,16,18). The zero-order chi connectivity index (χ0) is 13.0. The van der Waals surface area contributed by atoms with Crippen molar-refractivity contribution in [3.63, 3.8) is 0 Å². The van der Waals surface area contributed by atoms with E-state index in [1.165, 1.54) is 6.20 Å². The zero-order valence-corrected chi connectivity index (χ0v) is 9.84. The van der Waals surface area contributed by atoms with Gasteiger partial charge in [0.15, 0.2) is 0 Å². The molecule has 0 aliphatic rings. The Balaban J connectivity index is 2.03. The van der Waals surface area contributed by atoms with Crippen LogP contribution in [-0.2, 0) is 0 Å². The molecule has 18 heavy (non-hydrogen) atoms. The van der Waals surface area contributed by atoms with Gasteiger partial charge in [-0.15, -0.1) is 0 Å². The van der Waals surface area contributed by atoms with Gasteiger partial charge < -0.3 is 15.7 Å². The van der Waals surface area contributed by atoms with E-state index in [0.29, 0.717) is 17.2 Å². The molecule has 7 heteroatoms. The van der Waals surface area contributed by atoms with Gasteiger partial charge in [0, 0.05) is 12.4 Å². The minimum Gasteiger partial charge on any atom is -0.347 e. The molecule has 0 saturated heterocycles. The van der Waals surface area contributed by atoms with E-state index in [1.54, 1.807) is 24.5 Å². The monoisotopic (exact) mass is 246 g/mol. The quantitative estimate of drug-likeness (QED) is 0.466. The number of anilines is 1. The lowest BCUT2D eigenvalue weighted by Gasteiger charge is -2.11. The lowest BCUT2D eigenvalue weighted by Crippen LogP contribution is -2.28. The summed E-state index contributed by atoms with van der Waals surface area (Å²) in [7, 11) is 0. The molecule has 0 aliphatic carbocycles. The molecule has 2 heterocycles. The van der Waals surface area contributed by atoms with Crippen LogP contribution in [0.3, 0.4) is 0 Å². The molecule has 1 unspecified atom stereocenters. The number of hydrogen-bond acceptors (Lipinski definition) is 5. The predicted octanol–water partition coefficient (Wildman–Crippen LogP) is 0.581. The first-order valence-electron chi connectivity index (χ1n) is 5.43. The summed E-state index contributed by atoms with van der Waals surface area (Å²) in [6.45, 7) is 1.84. The summed E-state index contributed by atoms with van der Waals surface area (Å²) in [5, 5.41) is 2.79. The molecule has 0 aromatic carbocycles. The minimum atomic E-state index is -0.262. The van der Waals surface area contributed by atoms with E-state index in [1.807, 2.05) is 6.92 Å². The summed E-state index contributed by atoms with van der Waals surface area (Å²) in [5.74, 6) is 5.65. The Bertz CT molecular complexity index is 507. The molecular weight excluding hydrogens is 232 g/mol. The second-order valence-corrected chi connectivity index (χ2v) is 3.75. The van der Waals surface area contributed by atoms with Crippen molar-refractivity contribution in [1.82, 2.24) is 20.3 Å². The van der Waals surface area contributed by atoms with E-state index in [9.17, 15) is 4.79 Å². The van der Waals surface area contributed by atoms with E-state index >= 15 is 0 Å². The maximum atomic E-state index is 11.9. The number of amides is 1. The van der Waals surface area contributed by atoms with Crippen LogP contribution in [0.5, 0.6) is 0 Å². The molecule has 7 nitrogen and oxygen atoms in total. The number of carbonyl (C=O) groups excluding carboxylic acids is 1. The number of nitrogens with two attached hydrogens (primary N) is 1. The van der Waals surface area contributed by atoms with Crippen molar-refractivity contribution in [2.45, 2.75) is 13.0 Å². The van der Waals surface area contributed by atoms with Crippen molar-refractivity contribution in [2.75, 3.05) is 5.43 Å². The summed E-state index contributed by atoms with van der Waals surface area (Å²) in [4.78, 5) is 22.9. The smallest absolute Gasteiger partial charge is 0.270 e. The third kappa shape index (κ3) is 2.64. The van der Waals surface area contributed by atoms with Crippen LogP contribution in [0.4, 0.5) is 5.69 Å². The Kier molecular flexibility index (Phi) is 3.54. The Morgan fingerprint density at radius 1 is 1.44 bits per heavy atom. The normalized spacial score (nSPS) is 11.9. The van der Waals surface area contributed by atoms with E-state index in [2.05, 4.69) is 25.7 Å². The highest BCUT2D eigenvalue weighted by Gasteiger charge is 2.13. The Morgan fingerprint density at radius 2 is 2.28 bits per heavy atom. The van der Waals surface area contributed by atoms with Gasteiger partial charge in [-0.1, -0.05) is 0 Å². The van der Waals surface area contributed by atoms with Gasteiger partial charge in [0.1, 0.15) is 11.5 Å². The summed E-state index contributed by atoms with van der Waals surface area (Å²) < 4.78 is 0. The average Bonchev–Trinajstić information content (AvgIpc) is 2.92. The number of aromatic amines is 1. The van der Waals surface area contributed by atoms with Crippen LogP contribution in [0.1, 0.15) is 29.3 Å². The first-order chi connectivity index (χ1) is 8.70. The molecule has 94 valence electrons. The van der Waals surface area contributed by atoms with Crippen molar-refractivity contribution >= 4 is 11.6 Å².